The third-order valence-corrected chi connectivity index (χ3v) is 4.22. The molecule has 0 spiro atoms. The predicted octanol–water partition coefficient (Wildman–Crippen LogP) is 5.11. The largest absolute Gasteiger partial charge is 0.0622 e. The molecule has 0 saturated heterocycles. The molecule has 1 fully saturated rings. The molecule has 0 amide bonds. The van der Waals surface area contributed by atoms with Gasteiger partial charge in [0.2, 0.25) is 0 Å². The van der Waals surface area contributed by atoms with Gasteiger partial charge in [0.25, 0.3) is 0 Å². The van der Waals surface area contributed by atoms with Crippen molar-refractivity contribution in [2.45, 2.75) is 18.3 Å². The van der Waals surface area contributed by atoms with Crippen molar-refractivity contribution in [2.75, 3.05) is 0 Å². The Balaban J connectivity index is 1.66. The molecular formula is C19H16. The topological polar surface area (TPSA) is 0 Å². The van der Waals surface area contributed by atoms with Crippen molar-refractivity contribution in [2.24, 2.45) is 0 Å². The normalized spacial score (nSPS) is 21.5. The fraction of sp³-hybridized carbons (Fsp3) is 0.158. The summed E-state index contributed by atoms with van der Waals surface area (Å²) in [4.78, 5) is 0. The Morgan fingerprint density at radius 1 is 0.579 bits per heavy atom. The number of rotatable bonds is 2. The van der Waals surface area contributed by atoms with Crippen LogP contribution < -0.4 is 0 Å². The smallest absolute Gasteiger partial charge is 0.00866 e. The highest BCUT2D eigenvalue weighted by Gasteiger charge is 2.39. The summed E-state index contributed by atoms with van der Waals surface area (Å²) in [7, 11) is 0. The van der Waals surface area contributed by atoms with Crippen molar-refractivity contribution in [3.63, 3.8) is 0 Å². The Morgan fingerprint density at radius 2 is 1.26 bits per heavy atom. The van der Waals surface area contributed by atoms with Crippen LogP contribution in [-0.2, 0) is 0 Å². The Bertz CT molecular complexity index is 712. The highest BCUT2D eigenvalue weighted by molar-refractivity contribution is 5.83. The van der Waals surface area contributed by atoms with Crippen LogP contribution in [0.25, 0.3) is 10.8 Å². The zero-order valence-corrected chi connectivity index (χ0v) is 10.8. The van der Waals surface area contributed by atoms with Crippen molar-refractivity contribution in [1.29, 1.82) is 0 Å². The lowest BCUT2D eigenvalue weighted by molar-refractivity contribution is 1.03. The second kappa shape index (κ2) is 4.24. The minimum absolute atomic E-state index is 0.715. The molecule has 1 saturated carbocycles. The Kier molecular flexibility index (Phi) is 2.41. The maximum Gasteiger partial charge on any atom is -0.00866 e. The zero-order valence-electron chi connectivity index (χ0n) is 10.8. The van der Waals surface area contributed by atoms with Gasteiger partial charge >= 0.3 is 0 Å². The Labute approximate surface area is 113 Å². The van der Waals surface area contributed by atoms with Gasteiger partial charge in [0.05, 0.1) is 0 Å². The van der Waals surface area contributed by atoms with Gasteiger partial charge in [0.1, 0.15) is 0 Å². The summed E-state index contributed by atoms with van der Waals surface area (Å²) in [6.45, 7) is 0. The van der Waals surface area contributed by atoms with Gasteiger partial charge in [-0.05, 0) is 40.2 Å². The molecule has 19 heavy (non-hydrogen) atoms. The van der Waals surface area contributed by atoms with Gasteiger partial charge in [-0.3, -0.25) is 0 Å². The molecule has 1 aliphatic carbocycles. The van der Waals surface area contributed by atoms with E-state index in [1.165, 1.54) is 28.3 Å². The quantitative estimate of drug-likeness (QED) is 0.587. The lowest BCUT2D eigenvalue weighted by Crippen LogP contribution is -1.84. The molecule has 1 aliphatic rings. The van der Waals surface area contributed by atoms with Gasteiger partial charge in [-0.25, -0.2) is 0 Å². The van der Waals surface area contributed by atoms with Crippen molar-refractivity contribution < 1.29 is 0 Å². The maximum absolute atomic E-state index is 2.36. The fourth-order valence-electron chi connectivity index (χ4n) is 3.07. The standard InChI is InChI=1S/C19H16/c1-2-7-15(8-3-1)18-13-19(18)17-11-10-14-6-4-5-9-16(14)12-17/h1-12,18-19H,13H2. The van der Waals surface area contributed by atoms with Crippen molar-refractivity contribution in [1.82, 2.24) is 0 Å². The van der Waals surface area contributed by atoms with Gasteiger partial charge in [0, 0.05) is 0 Å². The van der Waals surface area contributed by atoms with Gasteiger partial charge in [-0.15, -0.1) is 0 Å². The first-order valence-corrected chi connectivity index (χ1v) is 6.95. The molecule has 92 valence electrons. The maximum atomic E-state index is 2.36. The molecule has 3 aromatic carbocycles. The minimum Gasteiger partial charge on any atom is -0.0622 e. The van der Waals surface area contributed by atoms with Crippen LogP contribution in [0.15, 0.2) is 72.8 Å². The first-order chi connectivity index (χ1) is 9.42. The van der Waals surface area contributed by atoms with E-state index in [0.717, 1.165) is 5.92 Å². The van der Waals surface area contributed by atoms with Crippen molar-refractivity contribution in [3.05, 3.63) is 83.9 Å². The number of benzene rings is 3. The summed E-state index contributed by atoms with van der Waals surface area (Å²) in [5.74, 6) is 1.44. The average Bonchev–Trinajstić information content (AvgIpc) is 3.28. The molecule has 0 aromatic heterocycles. The summed E-state index contributed by atoms with van der Waals surface area (Å²) in [6.07, 6.45) is 1.29. The van der Waals surface area contributed by atoms with Crippen LogP contribution in [0.3, 0.4) is 0 Å². The van der Waals surface area contributed by atoms with E-state index in [9.17, 15) is 0 Å². The zero-order chi connectivity index (χ0) is 12.7. The third-order valence-electron chi connectivity index (χ3n) is 4.22. The summed E-state index contributed by atoms with van der Waals surface area (Å²) in [5.41, 5.74) is 2.98. The van der Waals surface area contributed by atoms with E-state index in [2.05, 4.69) is 72.8 Å². The predicted molar refractivity (Wildman–Crippen MR) is 80.5 cm³/mol. The Morgan fingerprint density at radius 3 is 2.11 bits per heavy atom. The molecule has 0 nitrogen and oxygen atoms in total. The third kappa shape index (κ3) is 1.94. The molecule has 0 bridgehead atoms. The van der Waals surface area contributed by atoms with E-state index in [-0.39, 0.29) is 0 Å². The van der Waals surface area contributed by atoms with E-state index in [4.69, 9.17) is 0 Å². The molecular weight excluding hydrogens is 228 g/mol. The van der Waals surface area contributed by atoms with Gasteiger partial charge in [-0.2, -0.15) is 0 Å². The van der Waals surface area contributed by atoms with Crippen LogP contribution in [0.2, 0.25) is 0 Å². The van der Waals surface area contributed by atoms with E-state index in [1.54, 1.807) is 0 Å². The van der Waals surface area contributed by atoms with E-state index >= 15 is 0 Å². The molecule has 4 rings (SSSR count). The summed E-state index contributed by atoms with van der Waals surface area (Å²) in [6, 6.07) is 26.4. The highest BCUT2D eigenvalue weighted by Crippen LogP contribution is 2.54. The van der Waals surface area contributed by atoms with Gasteiger partial charge in [-0.1, -0.05) is 72.8 Å². The van der Waals surface area contributed by atoms with Crippen LogP contribution in [0.5, 0.6) is 0 Å². The molecule has 0 heteroatoms. The van der Waals surface area contributed by atoms with Crippen molar-refractivity contribution in [3.8, 4) is 0 Å². The second-order valence-corrected chi connectivity index (χ2v) is 5.47. The molecule has 2 unspecified atom stereocenters. The SMILES string of the molecule is c1ccc(C2CC2c2ccc3ccccc3c2)cc1. The molecule has 3 aromatic rings. The molecule has 0 aliphatic heterocycles. The van der Waals surface area contributed by atoms with E-state index in [1.807, 2.05) is 0 Å². The number of hydrogen-bond donors (Lipinski definition) is 0. The lowest BCUT2D eigenvalue weighted by Gasteiger charge is -2.04. The second-order valence-electron chi connectivity index (χ2n) is 5.47. The minimum atomic E-state index is 0.715. The first kappa shape index (κ1) is 10.8. The first-order valence-electron chi connectivity index (χ1n) is 6.95. The summed E-state index contributed by atoms with van der Waals surface area (Å²) >= 11 is 0. The molecule has 0 heterocycles. The molecule has 0 radical (unpaired) electrons. The van der Waals surface area contributed by atoms with E-state index < -0.39 is 0 Å². The monoisotopic (exact) mass is 244 g/mol. The van der Waals surface area contributed by atoms with Gasteiger partial charge < -0.3 is 0 Å². The average molecular weight is 244 g/mol. The van der Waals surface area contributed by atoms with Crippen LogP contribution in [-0.4, -0.2) is 0 Å². The number of hydrogen-bond acceptors (Lipinski definition) is 0. The van der Waals surface area contributed by atoms with Crippen LogP contribution >= 0.6 is 0 Å². The fourth-order valence-corrected chi connectivity index (χ4v) is 3.07. The van der Waals surface area contributed by atoms with E-state index in [0.29, 0.717) is 5.92 Å². The summed E-state index contributed by atoms with van der Waals surface area (Å²) < 4.78 is 0. The molecule has 2 atom stereocenters. The lowest BCUT2D eigenvalue weighted by atomic mass is 10.0. The Hall–Kier alpha value is -2.08. The number of fused-ring (bicyclic) bond motifs is 1. The summed E-state index contributed by atoms with van der Waals surface area (Å²) in [5, 5.41) is 2.70. The highest BCUT2D eigenvalue weighted by atomic mass is 14.4. The van der Waals surface area contributed by atoms with Gasteiger partial charge in [0.15, 0.2) is 0 Å². The van der Waals surface area contributed by atoms with Crippen molar-refractivity contribution >= 4 is 10.8 Å². The van der Waals surface area contributed by atoms with Crippen LogP contribution in [0, 0.1) is 0 Å². The van der Waals surface area contributed by atoms with Crippen LogP contribution in [0.4, 0.5) is 0 Å². The van der Waals surface area contributed by atoms with Crippen LogP contribution in [0.1, 0.15) is 29.4 Å². The molecule has 0 N–H and O–H groups in total.